The molecule has 10 rings (SSSR count). The van der Waals surface area contributed by atoms with E-state index in [1.807, 2.05) is 0 Å². The molecule has 5 aliphatic heterocycles. The molecule has 8 nitrogen and oxygen atoms in total. The van der Waals surface area contributed by atoms with Gasteiger partial charge in [0.1, 0.15) is 12.3 Å². The Morgan fingerprint density at radius 3 is 1.17 bits per heavy atom. The highest BCUT2D eigenvalue weighted by Crippen LogP contribution is 2.55. The highest BCUT2D eigenvalue weighted by Gasteiger charge is 2.60. The molecule has 4 aromatic carbocycles. The van der Waals surface area contributed by atoms with Gasteiger partial charge in [0.05, 0.1) is 46.9 Å². The van der Waals surface area contributed by atoms with Crippen LogP contribution < -0.4 is 29.9 Å². The van der Waals surface area contributed by atoms with Gasteiger partial charge >= 0.3 is 0 Å². The zero-order valence-electron chi connectivity index (χ0n) is 25.9. The maximum absolute atomic E-state index is 6.49. The number of piperazine rings is 1. The van der Waals surface area contributed by atoms with Gasteiger partial charge in [-0.15, -0.1) is 0 Å². The summed E-state index contributed by atoms with van der Waals surface area (Å²) in [6.45, 7) is 4.52. The van der Waals surface area contributed by atoms with Gasteiger partial charge in [-0.2, -0.15) is 0 Å². The van der Waals surface area contributed by atoms with E-state index in [1.54, 1.807) is 0 Å². The van der Waals surface area contributed by atoms with Crippen LogP contribution in [-0.2, 0) is 0 Å². The Hall–Kier alpha value is -5.24. The number of hydrogen-bond acceptors (Lipinski definition) is 8. The molecule has 230 valence electrons. The van der Waals surface area contributed by atoms with E-state index in [9.17, 15) is 0 Å². The molecule has 6 aliphatic rings. The van der Waals surface area contributed by atoms with Crippen molar-refractivity contribution in [2.45, 2.75) is 63.2 Å². The number of fused-ring (bicyclic) bond motifs is 10. The van der Waals surface area contributed by atoms with Gasteiger partial charge in [0.25, 0.3) is 0 Å². The molecule has 8 heteroatoms. The van der Waals surface area contributed by atoms with Crippen LogP contribution in [0.25, 0.3) is 0 Å². The minimum atomic E-state index is 0.104. The highest BCUT2D eigenvalue weighted by molar-refractivity contribution is 5.80. The minimum Gasteiger partial charge on any atom is -0.453 e. The molecule has 6 unspecified atom stereocenters. The molecule has 6 atom stereocenters. The molecular weight excluding hydrogens is 572 g/mol. The smallest absolute Gasteiger partial charge is 0.151 e. The Labute approximate surface area is 269 Å². The molecule has 0 spiro atoms. The molecular formula is C38H36N6O2. The van der Waals surface area contributed by atoms with E-state index in [4.69, 9.17) is 9.47 Å². The molecule has 2 N–H and O–H groups in total. The topological polar surface area (TPSA) is 55.5 Å². The highest BCUT2D eigenvalue weighted by atomic mass is 16.5. The number of hydrogen-bond donors (Lipinski definition) is 2. The lowest BCUT2D eigenvalue weighted by molar-refractivity contribution is -0.0553. The molecule has 0 radical (unpaired) electrons. The second-order valence-corrected chi connectivity index (χ2v) is 13.1. The third-order valence-corrected chi connectivity index (χ3v) is 10.8. The molecule has 1 saturated heterocycles. The SMILES string of the molecule is CC1=CNC2C3NC=C(C)N3C3C(N4c5ccccc5Oc5ccccc54)CCC(N4c5ccccc5Oc5ccccc54)C3N12. The maximum Gasteiger partial charge on any atom is 0.151 e. The van der Waals surface area contributed by atoms with Gasteiger partial charge in [0.2, 0.25) is 0 Å². The molecule has 2 fully saturated rings. The number of nitrogens with one attached hydrogen (secondary N) is 2. The normalized spacial score (nSPS) is 28.0. The lowest BCUT2D eigenvalue weighted by Gasteiger charge is -2.62. The van der Waals surface area contributed by atoms with Gasteiger partial charge in [-0.25, -0.2) is 0 Å². The van der Waals surface area contributed by atoms with Crippen LogP contribution in [-0.4, -0.2) is 46.3 Å². The lowest BCUT2D eigenvalue weighted by Crippen LogP contribution is -2.78. The summed E-state index contributed by atoms with van der Waals surface area (Å²) in [5.41, 5.74) is 7.06. The Kier molecular flexibility index (Phi) is 5.45. The van der Waals surface area contributed by atoms with Crippen molar-refractivity contribution >= 4 is 22.7 Å². The zero-order valence-corrected chi connectivity index (χ0v) is 25.9. The van der Waals surface area contributed by atoms with Crippen molar-refractivity contribution in [3.05, 3.63) is 121 Å². The summed E-state index contributed by atoms with van der Waals surface area (Å²) in [6, 6.07) is 34.7. The number of allylic oxidation sites excluding steroid dienone is 2. The summed E-state index contributed by atoms with van der Waals surface area (Å²) in [5.74, 6) is 3.64. The first kappa shape index (κ1) is 26.0. The first-order valence-electron chi connectivity index (χ1n) is 16.4. The number of anilines is 4. The van der Waals surface area contributed by atoms with E-state index in [2.05, 4.69) is 154 Å². The Bertz CT molecular complexity index is 1710. The van der Waals surface area contributed by atoms with Crippen molar-refractivity contribution < 1.29 is 9.47 Å². The van der Waals surface area contributed by atoms with Crippen LogP contribution in [0.15, 0.2) is 121 Å². The quantitative estimate of drug-likeness (QED) is 0.245. The van der Waals surface area contributed by atoms with Gasteiger partial charge in [0.15, 0.2) is 23.0 Å². The summed E-state index contributed by atoms with van der Waals surface area (Å²) in [6.07, 6.45) is 6.63. The van der Waals surface area contributed by atoms with E-state index in [-0.39, 0.29) is 36.5 Å². The first-order valence-corrected chi connectivity index (χ1v) is 16.4. The van der Waals surface area contributed by atoms with E-state index in [0.29, 0.717) is 0 Å². The van der Waals surface area contributed by atoms with Gasteiger partial charge in [-0.1, -0.05) is 48.5 Å². The van der Waals surface area contributed by atoms with Crippen molar-refractivity contribution in [2.24, 2.45) is 0 Å². The monoisotopic (exact) mass is 608 g/mol. The number of ether oxygens (including phenoxy) is 2. The Morgan fingerprint density at radius 2 is 0.826 bits per heavy atom. The molecule has 1 aliphatic carbocycles. The summed E-state index contributed by atoms with van der Waals surface area (Å²) >= 11 is 0. The third kappa shape index (κ3) is 3.49. The molecule has 1 saturated carbocycles. The second kappa shape index (κ2) is 9.63. The molecule has 0 aromatic heterocycles. The van der Waals surface area contributed by atoms with Gasteiger partial charge < -0.3 is 39.7 Å². The van der Waals surface area contributed by atoms with Crippen molar-refractivity contribution in [2.75, 3.05) is 9.80 Å². The van der Waals surface area contributed by atoms with Crippen LogP contribution in [0.5, 0.6) is 23.0 Å². The van der Waals surface area contributed by atoms with Gasteiger partial charge in [0, 0.05) is 23.8 Å². The van der Waals surface area contributed by atoms with Crippen LogP contribution in [0.1, 0.15) is 26.7 Å². The van der Waals surface area contributed by atoms with Crippen LogP contribution >= 0.6 is 0 Å². The fraction of sp³-hybridized carbons (Fsp3) is 0.263. The zero-order chi connectivity index (χ0) is 30.5. The fourth-order valence-electron chi connectivity index (χ4n) is 9.07. The predicted octanol–water partition coefficient (Wildman–Crippen LogP) is 7.34. The number of para-hydroxylation sites is 8. The van der Waals surface area contributed by atoms with Crippen molar-refractivity contribution in [1.82, 2.24) is 20.4 Å². The summed E-state index contributed by atoms with van der Waals surface area (Å²) in [4.78, 5) is 10.5. The third-order valence-electron chi connectivity index (χ3n) is 10.8. The maximum atomic E-state index is 6.49. The Morgan fingerprint density at radius 1 is 0.500 bits per heavy atom. The van der Waals surface area contributed by atoms with Gasteiger partial charge in [-0.05, 0) is 75.2 Å². The van der Waals surface area contributed by atoms with E-state index < -0.39 is 0 Å². The standard InChI is InChI=1S/C38H36N6O2/c1-23-21-39-37-38-40-22-24(2)42(38)36-30(44-27-13-5-9-17-33(27)46-34-18-10-6-14-28(34)44)20-19-29(35(36)41(23)37)43-25-11-3-7-15-31(25)45-32-16-8-4-12-26(32)43/h3-18,21-22,29-30,35-40H,19-20H2,1-2H3. The van der Waals surface area contributed by atoms with Crippen molar-refractivity contribution in [1.29, 1.82) is 0 Å². The first-order chi connectivity index (χ1) is 22.7. The van der Waals surface area contributed by atoms with E-state index in [1.165, 1.54) is 11.4 Å². The predicted molar refractivity (Wildman–Crippen MR) is 180 cm³/mol. The largest absolute Gasteiger partial charge is 0.453 e. The van der Waals surface area contributed by atoms with Crippen molar-refractivity contribution in [3.8, 4) is 23.0 Å². The van der Waals surface area contributed by atoms with Crippen LogP contribution in [0.3, 0.4) is 0 Å². The average molecular weight is 609 g/mol. The number of nitrogens with zero attached hydrogens (tertiary/aromatic N) is 4. The van der Waals surface area contributed by atoms with E-state index >= 15 is 0 Å². The Balaban J connectivity index is 1.18. The van der Waals surface area contributed by atoms with E-state index in [0.717, 1.165) is 58.6 Å². The minimum absolute atomic E-state index is 0.104. The molecule has 46 heavy (non-hydrogen) atoms. The number of benzene rings is 4. The molecule has 5 heterocycles. The van der Waals surface area contributed by atoms with Crippen LogP contribution in [0, 0.1) is 0 Å². The van der Waals surface area contributed by atoms with Crippen LogP contribution in [0.4, 0.5) is 22.7 Å². The second-order valence-electron chi connectivity index (χ2n) is 13.1. The number of rotatable bonds is 2. The van der Waals surface area contributed by atoms with Crippen molar-refractivity contribution in [3.63, 3.8) is 0 Å². The summed E-state index contributed by atoms with van der Waals surface area (Å²) in [5, 5.41) is 7.54. The summed E-state index contributed by atoms with van der Waals surface area (Å²) < 4.78 is 13.0. The molecule has 0 amide bonds. The summed E-state index contributed by atoms with van der Waals surface area (Å²) in [7, 11) is 0. The average Bonchev–Trinajstić information content (AvgIpc) is 3.68. The van der Waals surface area contributed by atoms with Gasteiger partial charge in [-0.3, -0.25) is 0 Å². The molecule has 0 bridgehead atoms. The van der Waals surface area contributed by atoms with Crippen LogP contribution in [0.2, 0.25) is 0 Å². The molecule has 4 aromatic rings. The fourth-order valence-corrected chi connectivity index (χ4v) is 9.07. The lowest BCUT2D eigenvalue weighted by atomic mass is 9.75.